The number of hydrogen-bond acceptors (Lipinski definition) is 5. The second kappa shape index (κ2) is 5.05. The van der Waals surface area contributed by atoms with Crippen molar-refractivity contribution in [2.24, 2.45) is 0 Å². The lowest BCUT2D eigenvalue weighted by atomic mass is 10.1. The molecule has 0 saturated carbocycles. The number of nitrogens with zero attached hydrogens (tertiary/aromatic N) is 5. The molecule has 2 heterocycles. The van der Waals surface area contributed by atoms with Crippen LogP contribution < -0.4 is 5.32 Å². The van der Waals surface area contributed by atoms with E-state index in [2.05, 4.69) is 46.1 Å². The minimum absolute atomic E-state index is 0.0279. The van der Waals surface area contributed by atoms with E-state index in [4.69, 9.17) is 0 Å². The fourth-order valence-corrected chi connectivity index (χ4v) is 1.70. The van der Waals surface area contributed by atoms with Gasteiger partial charge in [0.1, 0.15) is 12.2 Å². The largest absolute Gasteiger partial charge is 0.305 e. The Morgan fingerprint density at radius 2 is 1.79 bits per heavy atom. The summed E-state index contributed by atoms with van der Waals surface area (Å²) >= 11 is 0. The second-order valence-corrected chi connectivity index (χ2v) is 5.64. The van der Waals surface area contributed by atoms with E-state index in [0.29, 0.717) is 12.5 Å². The molecule has 0 amide bonds. The van der Waals surface area contributed by atoms with Gasteiger partial charge in [-0.25, -0.2) is 15.0 Å². The van der Waals surface area contributed by atoms with Gasteiger partial charge in [-0.15, -0.1) is 0 Å². The summed E-state index contributed by atoms with van der Waals surface area (Å²) < 4.78 is 1.68. The molecule has 0 aliphatic heterocycles. The number of aromatic nitrogens is 5. The summed E-state index contributed by atoms with van der Waals surface area (Å²) in [6, 6.07) is 1.94. The average molecular weight is 260 g/mol. The van der Waals surface area contributed by atoms with Gasteiger partial charge in [0.05, 0.1) is 6.54 Å². The highest BCUT2D eigenvalue weighted by Gasteiger charge is 2.14. The molecule has 0 bridgehead atoms. The summed E-state index contributed by atoms with van der Waals surface area (Å²) in [6.45, 7) is 10.9. The maximum absolute atomic E-state index is 4.40. The first-order valence-electron chi connectivity index (χ1n) is 6.32. The van der Waals surface area contributed by atoms with Crippen LogP contribution in [0, 0.1) is 13.8 Å². The molecular weight excluding hydrogens is 240 g/mol. The van der Waals surface area contributed by atoms with Gasteiger partial charge in [0, 0.05) is 16.9 Å². The summed E-state index contributed by atoms with van der Waals surface area (Å²) in [5.41, 5.74) is 1.88. The molecule has 0 aliphatic rings. The van der Waals surface area contributed by atoms with Crippen molar-refractivity contribution in [1.29, 1.82) is 0 Å². The third kappa shape index (κ3) is 3.57. The van der Waals surface area contributed by atoms with E-state index in [1.807, 2.05) is 19.9 Å². The highest BCUT2D eigenvalue weighted by Crippen LogP contribution is 2.07. The zero-order chi connectivity index (χ0) is 14.0. The second-order valence-electron chi connectivity index (χ2n) is 5.64. The van der Waals surface area contributed by atoms with Gasteiger partial charge in [-0.05, 0) is 40.7 Å². The van der Waals surface area contributed by atoms with Crippen LogP contribution in [0.5, 0.6) is 0 Å². The SMILES string of the molecule is Cc1cc(C)nc(-n2ncnc2CNC(C)(C)C)n1. The van der Waals surface area contributed by atoms with Gasteiger partial charge in [0.15, 0.2) is 0 Å². The van der Waals surface area contributed by atoms with Crippen molar-refractivity contribution in [2.45, 2.75) is 46.7 Å². The number of rotatable bonds is 3. The van der Waals surface area contributed by atoms with Crippen LogP contribution in [-0.2, 0) is 6.54 Å². The van der Waals surface area contributed by atoms with Crippen molar-refractivity contribution in [2.75, 3.05) is 0 Å². The third-order valence-electron chi connectivity index (χ3n) is 2.56. The van der Waals surface area contributed by atoms with Crippen molar-refractivity contribution in [3.8, 4) is 5.95 Å². The summed E-state index contributed by atoms with van der Waals surface area (Å²) in [5, 5.41) is 7.59. The fourth-order valence-electron chi connectivity index (χ4n) is 1.70. The Hall–Kier alpha value is -1.82. The molecule has 2 aromatic rings. The predicted octanol–water partition coefficient (Wildman–Crippen LogP) is 1.56. The monoisotopic (exact) mass is 260 g/mol. The first-order valence-corrected chi connectivity index (χ1v) is 6.32. The average Bonchev–Trinajstić information content (AvgIpc) is 2.72. The van der Waals surface area contributed by atoms with Crippen molar-refractivity contribution in [3.63, 3.8) is 0 Å². The van der Waals surface area contributed by atoms with Gasteiger partial charge in [0.2, 0.25) is 0 Å². The first kappa shape index (κ1) is 13.6. The molecule has 0 radical (unpaired) electrons. The van der Waals surface area contributed by atoms with Crippen LogP contribution in [-0.4, -0.2) is 30.3 Å². The van der Waals surface area contributed by atoms with Gasteiger partial charge in [-0.2, -0.15) is 9.78 Å². The van der Waals surface area contributed by atoms with E-state index in [9.17, 15) is 0 Å². The molecule has 2 rings (SSSR count). The molecule has 2 aromatic heterocycles. The van der Waals surface area contributed by atoms with Crippen LogP contribution in [0.2, 0.25) is 0 Å². The van der Waals surface area contributed by atoms with Crippen LogP contribution >= 0.6 is 0 Å². The van der Waals surface area contributed by atoms with Crippen molar-refractivity contribution in [3.05, 3.63) is 29.6 Å². The molecule has 6 heteroatoms. The highest BCUT2D eigenvalue weighted by molar-refractivity contribution is 5.18. The molecule has 0 atom stereocenters. The topological polar surface area (TPSA) is 68.5 Å². The lowest BCUT2D eigenvalue weighted by molar-refractivity contribution is 0.414. The number of hydrogen-bond donors (Lipinski definition) is 1. The standard InChI is InChI=1S/C13H20N6/c1-9-6-10(2)18-12(17-9)19-11(14-8-16-19)7-15-13(3,4)5/h6,8,15H,7H2,1-5H3. The maximum atomic E-state index is 4.40. The third-order valence-corrected chi connectivity index (χ3v) is 2.56. The highest BCUT2D eigenvalue weighted by atomic mass is 15.4. The van der Waals surface area contributed by atoms with E-state index in [-0.39, 0.29) is 5.54 Å². The first-order chi connectivity index (χ1) is 8.85. The smallest absolute Gasteiger partial charge is 0.252 e. The minimum atomic E-state index is 0.0279. The number of nitrogens with one attached hydrogen (secondary N) is 1. The molecule has 6 nitrogen and oxygen atoms in total. The molecular formula is C13H20N6. The molecule has 0 unspecified atom stereocenters. The minimum Gasteiger partial charge on any atom is -0.305 e. The van der Waals surface area contributed by atoms with Crippen LogP contribution in [0.4, 0.5) is 0 Å². The van der Waals surface area contributed by atoms with Crippen LogP contribution in [0.15, 0.2) is 12.4 Å². The summed E-state index contributed by atoms with van der Waals surface area (Å²) in [5.74, 6) is 1.38. The molecule has 0 aromatic carbocycles. The maximum Gasteiger partial charge on any atom is 0.252 e. The van der Waals surface area contributed by atoms with Crippen LogP contribution in [0.1, 0.15) is 38.0 Å². The van der Waals surface area contributed by atoms with E-state index in [0.717, 1.165) is 17.2 Å². The van der Waals surface area contributed by atoms with Gasteiger partial charge < -0.3 is 5.32 Å². The van der Waals surface area contributed by atoms with Gasteiger partial charge in [-0.3, -0.25) is 0 Å². The Bertz CT molecular complexity index is 547. The van der Waals surface area contributed by atoms with Crippen molar-refractivity contribution in [1.82, 2.24) is 30.0 Å². The Morgan fingerprint density at radius 3 is 2.37 bits per heavy atom. The Kier molecular flexibility index (Phi) is 3.61. The molecule has 0 fully saturated rings. The quantitative estimate of drug-likeness (QED) is 0.907. The summed E-state index contributed by atoms with van der Waals surface area (Å²) in [4.78, 5) is 13.1. The summed E-state index contributed by atoms with van der Waals surface area (Å²) in [6.07, 6.45) is 1.53. The van der Waals surface area contributed by atoms with E-state index in [1.54, 1.807) is 4.68 Å². The number of aryl methyl sites for hydroxylation is 2. The van der Waals surface area contributed by atoms with E-state index in [1.165, 1.54) is 6.33 Å². The molecule has 0 spiro atoms. The van der Waals surface area contributed by atoms with Gasteiger partial charge >= 0.3 is 0 Å². The fraction of sp³-hybridized carbons (Fsp3) is 0.538. The molecule has 1 N–H and O–H groups in total. The molecule has 102 valence electrons. The molecule has 0 aliphatic carbocycles. The van der Waals surface area contributed by atoms with Crippen molar-refractivity contribution < 1.29 is 0 Å². The zero-order valence-electron chi connectivity index (χ0n) is 12.1. The summed E-state index contributed by atoms with van der Waals surface area (Å²) in [7, 11) is 0. The van der Waals surface area contributed by atoms with E-state index < -0.39 is 0 Å². The Morgan fingerprint density at radius 1 is 1.16 bits per heavy atom. The predicted molar refractivity (Wildman–Crippen MR) is 73.0 cm³/mol. The Labute approximate surface area is 113 Å². The molecule has 19 heavy (non-hydrogen) atoms. The lowest BCUT2D eigenvalue weighted by Crippen LogP contribution is -2.36. The van der Waals surface area contributed by atoms with Crippen LogP contribution in [0.3, 0.4) is 0 Å². The van der Waals surface area contributed by atoms with E-state index >= 15 is 0 Å². The van der Waals surface area contributed by atoms with Crippen LogP contribution in [0.25, 0.3) is 5.95 Å². The Balaban J connectivity index is 2.28. The lowest BCUT2D eigenvalue weighted by Gasteiger charge is -2.20. The van der Waals surface area contributed by atoms with Crippen molar-refractivity contribution >= 4 is 0 Å². The normalized spacial score (nSPS) is 11.8. The van der Waals surface area contributed by atoms with Gasteiger partial charge in [0.25, 0.3) is 5.95 Å². The molecule has 0 saturated heterocycles. The van der Waals surface area contributed by atoms with Gasteiger partial charge in [-0.1, -0.05) is 0 Å². The zero-order valence-corrected chi connectivity index (χ0v) is 12.1.